The molecule has 0 aliphatic rings. The molecule has 0 aliphatic heterocycles. The van der Waals surface area contributed by atoms with E-state index >= 15 is 0 Å². The Labute approximate surface area is 110 Å². The molecular weight excluding hydrogens is 245 g/mol. The van der Waals surface area contributed by atoms with Crippen molar-refractivity contribution in [3.05, 3.63) is 65.0 Å². The first-order valence-electron chi connectivity index (χ1n) is 5.89. The van der Waals surface area contributed by atoms with Crippen LogP contribution in [0, 0.1) is 12.7 Å². The Hall–Kier alpha value is -2.36. The van der Waals surface area contributed by atoms with Gasteiger partial charge in [-0.2, -0.15) is 0 Å². The molecule has 0 bridgehead atoms. The molecule has 2 N–H and O–H groups in total. The van der Waals surface area contributed by atoms with E-state index in [0.29, 0.717) is 11.3 Å². The third-order valence-corrected chi connectivity index (χ3v) is 2.83. The van der Waals surface area contributed by atoms with E-state index in [-0.39, 0.29) is 17.9 Å². The zero-order chi connectivity index (χ0) is 13.8. The SMILES string of the molecule is Cc1ccc(C(=O)O)c(NCc2ccccc2F)c1. The van der Waals surface area contributed by atoms with E-state index in [1.807, 2.05) is 6.92 Å². The lowest BCUT2D eigenvalue weighted by molar-refractivity contribution is 0.0698. The topological polar surface area (TPSA) is 49.3 Å². The van der Waals surface area contributed by atoms with Crippen LogP contribution in [0.15, 0.2) is 42.5 Å². The number of hydrogen-bond donors (Lipinski definition) is 2. The number of nitrogens with one attached hydrogen (secondary N) is 1. The molecule has 98 valence electrons. The summed E-state index contributed by atoms with van der Waals surface area (Å²) in [6.45, 7) is 2.12. The summed E-state index contributed by atoms with van der Waals surface area (Å²) in [7, 11) is 0. The Kier molecular flexibility index (Phi) is 3.80. The summed E-state index contributed by atoms with van der Waals surface area (Å²) >= 11 is 0. The molecule has 2 aromatic rings. The van der Waals surface area contributed by atoms with E-state index in [0.717, 1.165) is 5.56 Å². The van der Waals surface area contributed by atoms with Crippen LogP contribution in [-0.2, 0) is 6.54 Å². The molecule has 0 aliphatic carbocycles. The smallest absolute Gasteiger partial charge is 0.337 e. The maximum absolute atomic E-state index is 13.5. The fraction of sp³-hybridized carbons (Fsp3) is 0.133. The minimum absolute atomic E-state index is 0.182. The van der Waals surface area contributed by atoms with E-state index in [9.17, 15) is 9.18 Å². The number of rotatable bonds is 4. The number of anilines is 1. The van der Waals surface area contributed by atoms with E-state index in [1.54, 1.807) is 36.4 Å². The van der Waals surface area contributed by atoms with Crippen molar-refractivity contribution in [2.45, 2.75) is 13.5 Å². The van der Waals surface area contributed by atoms with Gasteiger partial charge in [0.05, 0.1) is 5.56 Å². The van der Waals surface area contributed by atoms with Crippen molar-refractivity contribution in [3.8, 4) is 0 Å². The minimum atomic E-state index is -1.00. The Bertz CT molecular complexity index is 611. The van der Waals surface area contributed by atoms with Crippen LogP contribution in [0.3, 0.4) is 0 Å². The first-order valence-corrected chi connectivity index (χ1v) is 5.89. The average Bonchev–Trinajstić information content (AvgIpc) is 2.37. The number of aryl methyl sites for hydroxylation is 1. The normalized spacial score (nSPS) is 10.2. The lowest BCUT2D eigenvalue weighted by Crippen LogP contribution is -2.07. The second-order valence-corrected chi connectivity index (χ2v) is 4.30. The highest BCUT2D eigenvalue weighted by molar-refractivity contribution is 5.94. The molecule has 19 heavy (non-hydrogen) atoms. The summed E-state index contributed by atoms with van der Waals surface area (Å²) in [5, 5.41) is 12.1. The number of aromatic carboxylic acids is 1. The van der Waals surface area contributed by atoms with E-state index in [1.165, 1.54) is 6.07 Å². The van der Waals surface area contributed by atoms with Crippen LogP contribution in [0.4, 0.5) is 10.1 Å². The molecule has 0 aromatic heterocycles. The van der Waals surface area contributed by atoms with Gasteiger partial charge in [0, 0.05) is 17.8 Å². The zero-order valence-electron chi connectivity index (χ0n) is 10.5. The third-order valence-electron chi connectivity index (χ3n) is 2.83. The second kappa shape index (κ2) is 5.52. The molecule has 3 nitrogen and oxygen atoms in total. The monoisotopic (exact) mass is 259 g/mol. The van der Waals surface area contributed by atoms with E-state index in [2.05, 4.69) is 5.32 Å². The predicted octanol–water partition coefficient (Wildman–Crippen LogP) is 3.44. The highest BCUT2D eigenvalue weighted by Crippen LogP contribution is 2.19. The van der Waals surface area contributed by atoms with Crippen LogP contribution in [0.25, 0.3) is 0 Å². The first kappa shape index (κ1) is 13.1. The standard InChI is InChI=1S/C15H14FNO2/c1-10-6-7-12(15(18)19)14(8-10)17-9-11-4-2-3-5-13(11)16/h2-8,17H,9H2,1H3,(H,18,19). The summed E-state index contributed by atoms with van der Waals surface area (Å²) in [5.74, 6) is -1.31. The van der Waals surface area contributed by atoms with Gasteiger partial charge in [0.25, 0.3) is 0 Å². The fourth-order valence-corrected chi connectivity index (χ4v) is 1.82. The molecule has 2 rings (SSSR count). The maximum atomic E-state index is 13.5. The molecule has 4 heteroatoms. The number of benzene rings is 2. The van der Waals surface area contributed by atoms with Crippen LogP contribution >= 0.6 is 0 Å². The maximum Gasteiger partial charge on any atom is 0.337 e. The van der Waals surface area contributed by atoms with Crippen molar-refractivity contribution < 1.29 is 14.3 Å². The Morgan fingerprint density at radius 2 is 2.00 bits per heavy atom. The molecule has 0 atom stereocenters. The van der Waals surface area contributed by atoms with Gasteiger partial charge in [-0.05, 0) is 30.7 Å². The van der Waals surface area contributed by atoms with Crippen molar-refractivity contribution in [1.29, 1.82) is 0 Å². The third kappa shape index (κ3) is 3.10. The lowest BCUT2D eigenvalue weighted by Gasteiger charge is -2.11. The highest BCUT2D eigenvalue weighted by atomic mass is 19.1. The van der Waals surface area contributed by atoms with Crippen LogP contribution in [0.1, 0.15) is 21.5 Å². The number of hydrogen-bond acceptors (Lipinski definition) is 2. The molecule has 0 saturated carbocycles. The van der Waals surface area contributed by atoms with Gasteiger partial charge in [0.15, 0.2) is 0 Å². The fourth-order valence-electron chi connectivity index (χ4n) is 1.82. The molecule has 0 spiro atoms. The van der Waals surface area contributed by atoms with E-state index in [4.69, 9.17) is 5.11 Å². The first-order chi connectivity index (χ1) is 9.08. The molecule has 0 heterocycles. The number of carboxylic acids is 1. The van der Waals surface area contributed by atoms with Gasteiger partial charge in [-0.3, -0.25) is 0 Å². The minimum Gasteiger partial charge on any atom is -0.478 e. The summed E-state index contributed by atoms with van der Waals surface area (Å²) in [6.07, 6.45) is 0. The molecule has 0 fully saturated rings. The van der Waals surface area contributed by atoms with Gasteiger partial charge in [0.2, 0.25) is 0 Å². The van der Waals surface area contributed by atoms with Crippen molar-refractivity contribution in [3.63, 3.8) is 0 Å². The second-order valence-electron chi connectivity index (χ2n) is 4.30. The van der Waals surface area contributed by atoms with Crippen LogP contribution in [0.2, 0.25) is 0 Å². The van der Waals surface area contributed by atoms with Crippen molar-refractivity contribution in [2.75, 3.05) is 5.32 Å². The lowest BCUT2D eigenvalue weighted by atomic mass is 10.1. The van der Waals surface area contributed by atoms with Crippen LogP contribution in [-0.4, -0.2) is 11.1 Å². The summed E-state index contributed by atoms with van der Waals surface area (Å²) in [6, 6.07) is 11.4. The van der Waals surface area contributed by atoms with Gasteiger partial charge in [-0.1, -0.05) is 24.3 Å². The van der Waals surface area contributed by atoms with Crippen LogP contribution in [0.5, 0.6) is 0 Å². The molecule has 0 amide bonds. The van der Waals surface area contributed by atoms with Gasteiger partial charge in [-0.25, -0.2) is 9.18 Å². The summed E-state index contributed by atoms with van der Waals surface area (Å²) < 4.78 is 13.5. The van der Waals surface area contributed by atoms with Crippen molar-refractivity contribution in [2.24, 2.45) is 0 Å². The Morgan fingerprint density at radius 3 is 2.68 bits per heavy atom. The Morgan fingerprint density at radius 1 is 1.26 bits per heavy atom. The van der Waals surface area contributed by atoms with Gasteiger partial charge < -0.3 is 10.4 Å². The van der Waals surface area contributed by atoms with E-state index < -0.39 is 5.97 Å². The summed E-state index contributed by atoms with van der Waals surface area (Å²) in [4.78, 5) is 11.1. The predicted molar refractivity (Wildman–Crippen MR) is 71.9 cm³/mol. The van der Waals surface area contributed by atoms with Gasteiger partial charge in [0.1, 0.15) is 5.82 Å². The number of carboxylic acid groups (broad SMARTS) is 1. The molecule has 0 unspecified atom stereocenters. The quantitative estimate of drug-likeness (QED) is 0.884. The van der Waals surface area contributed by atoms with Gasteiger partial charge in [-0.15, -0.1) is 0 Å². The van der Waals surface area contributed by atoms with Crippen LogP contribution < -0.4 is 5.32 Å². The average molecular weight is 259 g/mol. The highest BCUT2D eigenvalue weighted by Gasteiger charge is 2.10. The number of carbonyl (C=O) groups is 1. The zero-order valence-corrected chi connectivity index (χ0v) is 10.5. The number of halogens is 1. The van der Waals surface area contributed by atoms with Crippen molar-refractivity contribution >= 4 is 11.7 Å². The van der Waals surface area contributed by atoms with Gasteiger partial charge >= 0.3 is 5.97 Å². The Balaban J connectivity index is 2.22. The molecule has 2 aromatic carbocycles. The van der Waals surface area contributed by atoms with Crippen molar-refractivity contribution in [1.82, 2.24) is 0 Å². The molecule has 0 saturated heterocycles. The molecule has 0 radical (unpaired) electrons. The summed E-state index contributed by atoms with van der Waals surface area (Å²) in [5.41, 5.74) is 2.12. The largest absolute Gasteiger partial charge is 0.478 e. The molecular formula is C15H14FNO2.